The quantitative estimate of drug-likeness (QED) is 0.389. The van der Waals surface area contributed by atoms with Crippen LogP contribution in [-0.2, 0) is 11.2 Å². The van der Waals surface area contributed by atoms with Crippen LogP contribution in [0.5, 0.6) is 0 Å². The molecule has 2 aromatic carbocycles. The van der Waals surface area contributed by atoms with E-state index in [1.165, 1.54) is 6.07 Å². The standard InChI is InChI=1S/C16H10Cl2N2O3S/c17-11-3-1-10(2-4-11)16-14(20(21)22)9-15(19-16)24(23)13-7-5-12(18)6-8-13/h1-9,19H. The van der Waals surface area contributed by atoms with Crippen molar-refractivity contribution in [2.75, 3.05) is 0 Å². The van der Waals surface area contributed by atoms with Crippen LogP contribution < -0.4 is 0 Å². The van der Waals surface area contributed by atoms with Gasteiger partial charge < -0.3 is 9.54 Å². The first-order valence-electron chi connectivity index (χ1n) is 6.76. The maximum atomic E-state index is 12.6. The monoisotopic (exact) mass is 380 g/mol. The van der Waals surface area contributed by atoms with Crippen LogP contribution in [-0.4, -0.2) is 14.5 Å². The molecular weight excluding hydrogens is 371 g/mol. The summed E-state index contributed by atoms with van der Waals surface area (Å²) in [7, 11) is 0. The first-order valence-corrected chi connectivity index (χ1v) is 8.67. The van der Waals surface area contributed by atoms with Gasteiger partial charge in [-0.25, -0.2) is 0 Å². The minimum Gasteiger partial charge on any atom is -0.605 e. The molecule has 0 spiro atoms. The lowest BCUT2D eigenvalue weighted by atomic mass is 10.1. The number of nitro groups is 1. The van der Waals surface area contributed by atoms with Gasteiger partial charge in [-0.1, -0.05) is 35.3 Å². The molecule has 5 nitrogen and oxygen atoms in total. The summed E-state index contributed by atoms with van der Waals surface area (Å²) in [6.45, 7) is 0. The highest BCUT2D eigenvalue weighted by Gasteiger charge is 2.26. The Balaban J connectivity index is 2.04. The topological polar surface area (TPSA) is 82.0 Å². The Morgan fingerprint density at radius 3 is 2.04 bits per heavy atom. The number of hydrogen-bond acceptors (Lipinski definition) is 3. The average Bonchev–Trinajstić information content (AvgIpc) is 3.01. The van der Waals surface area contributed by atoms with Gasteiger partial charge in [-0.3, -0.25) is 10.1 Å². The van der Waals surface area contributed by atoms with Crippen LogP contribution in [0.2, 0.25) is 10.0 Å². The Hall–Kier alpha value is -1.99. The maximum absolute atomic E-state index is 12.6. The Labute approximate surface area is 150 Å². The van der Waals surface area contributed by atoms with Crippen molar-refractivity contribution in [2.24, 2.45) is 0 Å². The predicted octanol–water partition coefficient (Wildman–Crippen LogP) is 5.06. The number of aromatic nitrogens is 1. The van der Waals surface area contributed by atoms with E-state index in [0.717, 1.165) is 0 Å². The van der Waals surface area contributed by atoms with Gasteiger partial charge in [-0.15, -0.1) is 0 Å². The zero-order valence-corrected chi connectivity index (χ0v) is 14.4. The smallest absolute Gasteiger partial charge is 0.300 e. The van der Waals surface area contributed by atoms with Gasteiger partial charge in [0.15, 0.2) is 4.90 Å². The molecule has 0 saturated heterocycles. The van der Waals surface area contributed by atoms with E-state index in [1.54, 1.807) is 48.5 Å². The fourth-order valence-corrected chi connectivity index (χ4v) is 3.49. The molecule has 0 aliphatic heterocycles. The first-order chi connectivity index (χ1) is 11.5. The molecule has 0 aliphatic carbocycles. The summed E-state index contributed by atoms with van der Waals surface area (Å²) < 4.78 is 12.6. The lowest BCUT2D eigenvalue weighted by Crippen LogP contribution is -2.02. The van der Waals surface area contributed by atoms with Gasteiger partial charge in [0.25, 0.3) is 5.69 Å². The zero-order valence-electron chi connectivity index (χ0n) is 12.0. The number of aromatic amines is 1. The molecular formula is C16H10Cl2N2O3S. The predicted molar refractivity (Wildman–Crippen MR) is 94.0 cm³/mol. The summed E-state index contributed by atoms with van der Waals surface area (Å²) >= 11 is 10.1. The fraction of sp³-hybridized carbons (Fsp3) is 0. The van der Waals surface area contributed by atoms with Crippen molar-refractivity contribution in [3.63, 3.8) is 0 Å². The van der Waals surface area contributed by atoms with Gasteiger partial charge in [0.2, 0.25) is 5.03 Å². The van der Waals surface area contributed by atoms with E-state index < -0.39 is 16.1 Å². The van der Waals surface area contributed by atoms with Gasteiger partial charge in [-0.2, -0.15) is 0 Å². The van der Waals surface area contributed by atoms with Crippen molar-refractivity contribution in [1.82, 2.24) is 4.98 Å². The molecule has 3 rings (SSSR count). The minimum atomic E-state index is -1.58. The molecule has 0 bridgehead atoms. The molecule has 1 atom stereocenters. The highest BCUT2D eigenvalue weighted by atomic mass is 35.5. The second-order valence-corrected chi connectivity index (χ2v) is 7.20. The molecule has 24 heavy (non-hydrogen) atoms. The third kappa shape index (κ3) is 3.42. The Morgan fingerprint density at radius 1 is 0.958 bits per heavy atom. The number of H-pyrrole nitrogens is 1. The SMILES string of the molecule is O=[N+]([O-])c1cc([S+]([O-])c2ccc(Cl)cc2)[nH]c1-c1ccc(Cl)cc1. The first kappa shape index (κ1) is 16.9. The summed E-state index contributed by atoms with van der Waals surface area (Å²) in [5.41, 5.74) is 0.731. The fourth-order valence-electron chi connectivity index (χ4n) is 2.19. The van der Waals surface area contributed by atoms with E-state index in [2.05, 4.69) is 4.98 Å². The Morgan fingerprint density at radius 2 is 1.50 bits per heavy atom. The number of benzene rings is 2. The second kappa shape index (κ2) is 6.86. The summed E-state index contributed by atoms with van der Waals surface area (Å²) in [4.78, 5) is 14.2. The minimum absolute atomic E-state index is 0.144. The highest BCUT2D eigenvalue weighted by Crippen LogP contribution is 2.34. The summed E-state index contributed by atoms with van der Waals surface area (Å²) in [6.07, 6.45) is 0. The number of hydrogen-bond donors (Lipinski definition) is 1. The molecule has 122 valence electrons. The molecule has 1 heterocycles. The van der Waals surface area contributed by atoms with Crippen LogP contribution in [0.4, 0.5) is 5.69 Å². The third-order valence-electron chi connectivity index (χ3n) is 3.33. The van der Waals surface area contributed by atoms with Gasteiger partial charge in [0, 0.05) is 26.8 Å². The molecule has 0 amide bonds. The van der Waals surface area contributed by atoms with Crippen LogP contribution >= 0.6 is 23.2 Å². The normalized spacial score (nSPS) is 12.1. The lowest BCUT2D eigenvalue weighted by molar-refractivity contribution is -0.384. The lowest BCUT2D eigenvalue weighted by Gasteiger charge is -2.07. The van der Waals surface area contributed by atoms with E-state index >= 15 is 0 Å². The average molecular weight is 381 g/mol. The third-order valence-corrected chi connectivity index (χ3v) is 5.15. The molecule has 1 unspecified atom stereocenters. The maximum Gasteiger partial charge on any atom is 0.300 e. The second-order valence-electron chi connectivity index (χ2n) is 4.88. The van der Waals surface area contributed by atoms with E-state index in [9.17, 15) is 14.7 Å². The largest absolute Gasteiger partial charge is 0.605 e. The van der Waals surface area contributed by atoms with Crippen molar-refractivity contribution >= 4 is 40.1 Å². The molecule has 1 N–H and O–H groups in total. The van der Waals surface area contributed by atoms with E-state index in [4.69, 9.17) is 23.2 Å². The molecule has 0 radical (unpaired) electrons. The Kier molecular flexibility index (Phi) is 4.82. The van der Waals surface area contributed by atoms with Crippen molar-refractivity contribution in [3.8, 4) is 11.3 Å². The molecule has 0 saturated carbocycles. The van der Waals surface area contributed by atoms with Gasteiger partial charge in [0.05, 0.1) is 11.0 Å². The summed E-state index contributed by atoms with van der Waals surface area (Å²) in [5, 5.41) is 12.6. The van der Waals surface area contributed by atoms with Gasteiger partial charge in [-0.05, 0) is 36.4 Å². The van der Waals surface area contributed by atoms with E-state index in [-0.39, 0.29) is 16.4 Å². The molecule has 3 aromatic rings. The zero-order chi connectivity index (χ0) is 17.3. The Bertz CT molecular complexity index is 879. The van der Waals surface area contributed by atoms with Crippen LogP contribution in [0.1, 0.15) is 0 Å². The van der Waals surface area contributed by atoms with Crippen LogP contribution in [0.3, 0.4) is 0 Å². The number of rotatable bonds is 4. The number of nitrogens with one attached hydrogen (secondary N) is 1. The molecule has 1 aromatic heterocycles. The van der Waals surface area contributed by atoms with Crippen molar-refractivity contribution in [2.45, 2.75) is 9.92 Å². The molecule has 8 heteroatoms. The van der Waals surface area contributed by atoms with Gasteiger partial charge in [0.1, 0.15) is 5.69 Å². The van der Waals surface area contributed by atoms with Crippen LogP contribution in [0.25, 0.3) is 11.3 Å². The van der Waals surface area contributed by atoms with E-state index in [1.807, 2.05) is 0 Å². The summed E-state index contributed by atoms with van der Waals surface area (Å²) in [5.74, 6) is 0. The number of halogens is 2. The van der Waals surface area contributed by atoms with Crippen LogP contribution in [0.15, 0.2) is 64.5 Å². The summed E-state index contributed by atoms with van der Waals surface area (Å²) in [6, 6.07) is 14.4. The van der Waals surface area contributed by atoms with Crippen molar-refractivity contribution in [1.29, 1.82) is 0 Å². The van der Waals surface area contributed by atoms with Crippen molar-refractivity contribution in [3.05, 3.63) is 74.8 Å². The highest BCUT2D eigenvalue weighted by molar-refractivity contribution is 7.91. The van der Waals surface area contributed by atoms with E-state index in [0.29, 0.717) is 20.5 Å². The van der Waals surface area contributed by atoms with Crippen LogP contribution in [0, 0.1) is 10.1 Å². The molecule has 0 aliphatic rings. The van der Waals surface area contributed by atoms with Gasteiger partial charge >= 0.3 is 0 Å². The number of nitrogens with zero attached hydrogens (tertiary/aromatic N) is 1. The van der Waals surface area contributed by atoms with Crippen molar-refractivity contribution < 1.29 is 9.48 Å². The molecule has 0 fully saturated rings.